The van der Waals surface area contributed by atoms with Gasteiger partial charge in [0, 0.05) is 37.1 Å². The Labute approximate surface area is 125 Å². The summed E-state index contributed by atoms with van der Waals surface area (Å²) in [6.45, 7) is 1.74. The average molecular weight is 293 g/mol. The van der Waals surface area contributed by atoms with Crippen LogP contribution < -0.4 is 5.73 Å². The van der Waals surface area contributed by atoms with Crippen LogP contribution in [0.3, 0.4) is 0 Å². The monoisotopic (exact) mass is 292 g/mol. The molecule has 4 nitrogen and oxygen atoms in total. The highest BCUT2D eigenvalue weighted by Gasteiger charge is 2.09. The van der Waals surface area contributed by atoms with E-state index in [0.29, 0.717) is 0 Å². The van der Waals surface area contributed by atoms with E-state index in [0.717, 1.165) is 35.9 Å². The summed E-state index contributed by atoms with van der Waals surface area (Å²) in [6.07, 6.45) is 4.67. The van der Waals surface area contributed by atoms with Crippen LogP contribution in [0.1, 0.15) is 23.9 Å². The van der Waals surface area contributed by atoms with E-state index in [9.17, 15) is 0 Å². The highest BCUT2D eigenvalue weighted by molar-refractivity contribution is 6.30. The van der Waals surface area contributed by atoms with Gasteiger partial charge in [-0.15, -0.1) is 0 Å². The number of aromatic nitrogens is 2. The van der Waals surface area contributed by atoms with Crippen LogP contribution in [0.2, 0.25) is 5.02 Å². The van der Waals surface area contributed by atoms with E-state index in [1.165, 1.54) is 0 Å². The van der Waals surface area contributed by atoms with Crippen LogP contribution in [-0.4, -0.2) is 28.0 Å². The molecule has 1 atom stereocenters. The highest BCUT2D eigenvalue weighted by Crippen LogP contribution is 2.18. The fourth-order valence-corrected chi connectivity index (χ4v) is 2.33. The van der Waals surface area contributed by atoms with Gasteiger partial charge in [0.05, 0.1) is 6.54 Å². The number of nitrogens with zero attached hydrogens (tertiary/aromatic N) is 3. The first-order valence-corrected chi connectivity index (χ1v) is 7.10. The lowest BCUT2D eigenvalue weighted by Gasteiger charge is -2.19. The minimum atomic E-state index is 0.0116. The molecule has 0 fully saturated rings. The molecule has 0 aliphatic carbocycles. The number of rotatable bonds is 6. The largest absolute Gasteiger partial charge is 0.337 e. The molecule has 108 valence electrons. The number of nitrogens with two attached hydrogens (primary N) is 1. The van der Waals surface area contributed by atoms with Gasteiger partial charge in [0.15, 0.2) is 0 Å². The molecule has 1 heterocycles. The summed E-state index contributed by atoms with van der Waals surface area (Å²) in [5.41, 5.74) is 7.30. The van der Waals surface area contributed by atoms with Gasteiger partial charge in [-0.1, -0.05) is 23.7 Å². The van der Waals surface area contributed by atoms with Crippen molar-refractivity contribution in [3.63, 3.8) is 0 Å². The molecule has 1 aromatic heterocycles. The van der Waals surface area contributed by atoms with Crippen LogP contribution in [-0.2, 0) is 13.6 Å². The second-order valence-corrected chi connectivity index (χ2v) is 5.58. The zero-order valence-electron chi connectivity index (χ0n) is 12.0. The minimum absolute atomic E-state index is 0.0116. The summed E-state index contributed by atoms with van der Waals surface area (Å²) in [4.78, 5) is 6.55. The topological polar surface area (TPSA) is 47.1 Å². The summed E-state index contributed by atoms with van der Waals surface area (Å²) in [5.74, 6) is 1.06. The molecule has 0 spiro atoms. The minimum Gasteiger partial charge on any atom is -0.337 e. The molecule has 1 unspecified atom stereocenters. The Morgan fingerprint density at radius 2 is 2.25 bits per heavy atom. The number of imidazole rings is 1. The van der Waals surface area contributed by atoms with E-state index in [4.69, 9.17) is 17.3 Å². The Kier molecular flexibility index (Phi) is 5.17. The molecule has 0 radical (unpaired) electrons. The first-order chi connectivity index (χ1) is 9.56. The van der Waals surface area contributed by atoms with Crippen molar-refractivity contribution in [3.05, 3.63) is 53.1 Å². The Morgan fingerprint density at radius 3 is 2.90 bits per heavy atom. The molecular weight excluding hydrogens is 272 g/mol. The maximum atomic E-state index is 6.21. The number of hydrogen-bond donors (Lipinski definition) is 1. The van der Waals surface area contributed by atoms with Crippen LogP contribution >= 0.6 is 11.6 Å². The molecule has 1 aromatic carbocycles. The SMILES string of the molecule is CN(CCC(N)c1cccc(Cl)c1)Cc1nccn1C. The third-order valence-electron chi connectivity index (χ3n) is 3.43. The van der Waals surface area contributed by atoms with Crippen molar-refractivity contribution < 1.29 is 0 Å². The summed E-state index contributed by atoms with van der Waals surface area (Å²) in [7, 11) is 4.09. The first-order valence-electron chi connectivity index (χ1n) is 6.72. The van der Waals surface area contributed by atoms with Crippen LogP contribution in [0.15, 0.2) is 36.7 Å². The fraction of sp³-hybridized carbons (Fsp3) is 0.400. The molecule has 2 rings (SSSR count). The van der Waals surface area contributed by atoms with Gasteiger partial charge in [-0.25, -0.2) is 4.98 Å². The van der Waals surface area contributed by atoms with E-state index in [2.05, 4.69) is 16.9 Å². The standard InChI is InChI=1S/C15H21ClN4/c1-19(11-15-18-7-9-20(15)2)8-6-14(17)12-4-3-5-13(16)10-12/h3-5,7,9-10,14H,6,8,11,17H2,1-2H3. The van der Waals surface area contributed by atoms with Crippen molar-refractivity contribution in [1.82, 2.24) is 14.5 Å². The number of halogens is 1. The van der Waals surface area contributed by atoms with Crippen molar-refractivity contribution in [2.75, 3.05) is 13.6 Å². The zero-order chi connectivity index (χ0) is 14.5. The maximum absolute atomic E-state index is 6.21. The van der Waals surface area contributed by atoms with Gasteiger partial charge < -0.3 is 10.3 Å². The van der Waals surface area contributed by atoms with Crippen molar-refractivity contribution in [2.45, 2.75) is 19.0 Å². The third kappa shape index (κ3) is 4.07. The molecule has 0 aliphatic rings. The maximum Gasteiger partial charge on any atom is 0.122 e. The van der Waals surface area contributed by atoms with E-state index in [1.54, 1.807) is 0 Å². The van der Waals surface area contributed by atoms with E-state index < -0.39 is 0 Å². The predicted octanol–water partition coefficient (Wildman–Crippen LogP) is 2.60. The summed E-state index contributed by atoms with van der Waals surface area (Å²) in [6, 6.07) is 7.78. The van der Waals surface area contributed by atoms with Crippen molar-refractivity contribution >= 4 is 11.6 Å². The molecule has 0 bridgehead atoms. The average Bonchev–Trinajstić information content (AvgIpc) is 2.81. The normalized spacial score (nSPS) is 12.8. The Hall–Kier alpha value is -1.36. The van der Waals surface area contributed by atoms with E-state index >= 15 is 0 Å². The summed E-state index contributed by atoms with van der Waals surface area (Å²) >= 11 is 5.99. The highest BCUT2D eigenvalue weighted by atomic mass is 35.5. The van der Waals surface area contributed by atoms with Gasteiger partial charge >= 0.3 is 0 Å². The zero-order valence-corrected chi connectivity index (χ0v) is 12.7. The van der Waals surface area contributed by atoms with Crippen molar-refractivity contribution in [3.8, 4) is 0 Å². The van der Waals surface area contributed by atoms with Crippen molar-refractivity contribution in [1.29, 1.82) is 0 Å². The second kappa shape index (κ2) is 6.88. The number of benzene rings is 1. The van der Waals surface area contributed by atoms with Crippen LogP contribution in [0.4, 0.5) is 0 Å². The molecule has 0 saturated heterocycles. The van der Waals surface area contributed by atoms with Crippen molar-refractivity contribution in [2.24, 2.45) is 12.8 Å². The molecule has 2 aromatic rings. The lowest BCUT2D eigenvalue weighted by molar-refractivity contribution is 0.301. The lowest BCUT2D eigenvalue weighted by atomic mass is 10.0. The van der Waals surface area contributed by atoms with Crippen LogP contribution in [0, 0.1) is 0 Å². The van der Waals surface area contributed by atoms with Gasteiger partial charge in [0.25, 0.3) is 0 Å². The molecule has 20 heavy (non-hydrogen) atoms. The molecule has 0 amide bonds. The summed E-state index contributed by atoms with van der Waals surface area (Å²) in [5, 5.41) is 0.735. The second-order valence-electron chi connectivity index (χ2n) is 5.14. The smallest absolute Gasteiger partial charge is 0.122 e. The fourth-order valence-electron chi connectivity index (χ4n) is 2.13. The first kappa shape index (κ1) is 15.0. The quantitative estimate of drug-likeness (QED) is 0.890. The van der Waals surface area contributed by atoms with Gasteiger partial charge in [-0.3, -0.25) is 4.90 Å². The molecule has 0 saturated carbocycles. The Bertz CT molecular complexity index is 552. The molecule has 2 N–H and O–H groups in total. The van der Waals surface area contributed by atoms with Gasteiger partial charge in [0.1, 0.15) is 5.82 Å². The molecule has 5 heteroatoms. The Morgan fingerprint density at radius 1 is 1.45 bits per heavy atom. The van der Waals surface area contributed by atoms with E-state index in [-0.39, 0.29) is 6.04 Å². The lowest BCUT2D eigenvalue weighted by Crippen LogP contribution is -2.24. The van der Waals surface area contributed by atoms with Gasteiger partial charge in [-0.05, 0) is 31.2 Å². The molecular formula is C15H21ClN4. The third-order valence-corrected chi connectivity index (χ3v) is 3.67. The van der Waals surface area contributed by atoms with Crippen LogP contribution in [0.25, 0.3) is 0 Å². The van der Waals surface area contributed by atoms with E-state index in [1.807, 2.05) is 48.3 Å². The van der Waals surface area contributed by atoms with Crippen LogP contribution in [0.5, 0.6) is 0 Å². The number of hydrogen-bond acceptors (Lipinski definition) is 3. The molecule has 0 aliphatic heterocycles. The predicted molar refractivity (Wildman–Crippen MR) is 82.5 cm³/mol. The number of aryl methyl sites for hydroxylation is 1. The Balaban J connectivity index is 1.84. The van der Waals surface area contributed by atoms with Gasteiger partial charge in [-0.2, -0.15) is 0 Å². The summed E-state index contributed by atoms with van der Waals surface area (Å²) < 4.78 is 2.04. The van der Waals surface area contributed by atoms with Gasteiger partial charge in [0.2, 0.25) is 0 Å².